The molecule has 0 aliphatic heterocycles. The van der Waals surface area contributed by atoms with Crippen molar-refractivity contribution < 1.29 is 0 Å². The first-order valence-electron chi connectivity index (χ1n) is 12.7. The summed E-state index contributed by atoms with van der Waals surface area (Å²) in [4.78, 5) is 0. The monoisotopic (exact) mass is 452 g/mol. The molecule has 0 heterocycles. The molecule has 6 rings (SSSR count). The summed E-state index contributed by atoms with van der Waals surface area (Å²) in [5.41, 5.74) is 17.0. The van der Waals surface area contributed by atoms with Gasteiger partial charge in [0, 0.05) is 5.41 Å². The van der Waals surface area contributed by atoms with Crippen molar-refractivity contribution in [2.45, 2.75) is 40.5 Å². The van der Waals surface area contributed by atoms with Crippen LogP contribution >= 0.6 is 0 Å². The molecule has 0 saturated carbocycles. The molecule has 0 radical (unpaired) electrons. The van der Waals surface area contributed by atoms with Crippen LogP contribution in [0.25, 0.3) is 33.4 Å². The van der Waals surface area contributed by atoms with Gasteiger partial charge in [-0.25, -0.2) is 0 Å². The van der Waals surface area contributed by atoms with Crippen molar-refractivity contribution in [2.75, 3.05) is 0 Å². The molecule has 0 fully saturated rings. The topological polar surface area (TPSA) is 0 Å². The lowest BCUT2D eigenvalue weighted by molar-refractivity contribution is 0.669. The largest absolute Gasteiger partial charge is 0.0642 e. The number of hydrogen-bond donors (Lipinski definition) is 0. The molecule has 35 heavy (non-hydrogen) atoms. The van der Waals surface area contributed by atoms with Gasteiger partial charge in [-0.05, 0) is 82.3 Å². The average molecular weight is 453 g/mol. The Morgan fingerprint density at radius 1 is 0.486 bits per heavy atom. The second kappa shape index (κ2) is 8.24. The molecule has 4 aromatic rings. The van der Waals surface area contributed by atoms with Crippen LogP contribution in [0, 0.1) is 5.41 Å². The van der Waals surface area contributed by atoms with Gasteiger partial charge >= 0.3 is 0 Å². The van der Waals surface area contributed by atoms with Gasteiger partial charge in [-0.1, -0.05) is 122 Å². The Balaban J connectivity index is 1.56. The van der Waals surface area contributed by atoms with Gasteiger partial charge in [-0.15, -0.1) is 0 Å². The quantitative estimate of drug-likeness (QED) is 0.289. The van der Waals surface area contributed by atoms with Gasteiger partial charge in [0.2, 0.25) is 0 Å². The van der Waals surface area contributed by atoms with Gasteiger partial charge < -0.3 is 0 Å². The molecule has 2 aliphatic rings. The van der Waals surface area contributed by atoms with Crippen molar-refractivity contribution in [3.8, 4) is 22.3 Å². The molecule has 4 aromatic carbocycles. The van der Waals surface area contributed by atoms with E-state index in [1.807, 2.05) is 0 Å². The molecule has 172 valence electrons. The van der Waals surface area contributed by atoms with Crippen molar-refractivity contribution in [2.24, 2.45) is 5.41 Å². The first kappa shape index (κ1) is 21.9. The van der Waals surface area contributed by atoms with Crippen LogP contribution in [0.4, 0.5) is 0 Å². The van der Waals surface area contributed by atoms with E-state index < -0.39 is 0 Å². The van der Waals surface area contributed by atoms with E-state index in [0.717, 1.165) is 12.8 Å². The Morgan fingerprint density at radius 2 is 0.886 bits per heavy atom. The summed E-state index contributed by atoms with van der Waals surface area (Å²) in [5, 5.41) is 0. The van der Waals surface area contributed by atoms with Crippen LogP contribution in [0.1, 0.15) is 49.9 Å². The number of rotatable bonds is 4. The maximum Gasteiger partial charge on any atom is 0.0158 e. The molecule has 0 unspecified atom stereocenters. The van der Waals surface area contributed by atoms with Crippen molar-refractivity contribution in [3.05, 3.63) is 130 Å². The van der Waals surface area contributed by atoms with Gasteiger partial charge in [0.05, 0.1) is 0 Å². The van der Waals surface area contributed by atoms with Crippen LogP contribution in [0.3, 0.4) is 0 Å². The van der Waals surface area contributed by atoms with Crippen molar-refractivity contribution >= 4 is 11.1 Å². The fourth-order valence-electron chi connectivity index (χ4n) is 6.79. The first-order valence-corrected chi connectivity index (χ1v) is 12.7. The minimum atomic E-state index is -0.111. The third-order valence-corrected chi connectivity index (χ3v) is 7.99. The molecule has 0 saturated heterocycles. The van der Waals surface area contributed by atoms with Gasteiger partial charge in [0.15, 0.2) is 0 Å². The van der Waals surface area contributed by atoms with Crippen LogP contribution < -0.4 is 0 Å². The van der Waals surface area contributed by atoms with E-state index in [-0.39, 0.29) is 5.41 Å². The highest BCUT2D eigenvalue weighted by atomic mass is 14.4. The highest BCUT2D eigenvalue weighted by molar-refractivity contribution is 6.00. The highest BCUT2D eigenvalue weighted by Gasteiger charge is 2.40. The van der Waals surface area contributed by atoms with Gasteiger partial charge in [-0.3, -0.25) is 0 Å². The molecule has 0 amide bonds. The second-order valence-corrected chi connectivity index (χ2v) is 10.7. The fraction of sp³-hybridized carbons (Fsp3) is 0.200. The zero-order chi connectivity index (χ0) is 24.2. The summed E-state index contributed by atoms with van der Waals surface area (Å²) in [6, 6.07) is 35.5. The lowest BCUT2D eigenvalue weighted by atomic mass is 9.69. The molecule has 0 N–H and O–H groups in total. The zero-order valence-corrected chi connectivity index (χ0v) is 21.2. The Hall–Kier alpha value is -3.64. The van der Waals surface area contributed by atoms with Crippen LogP contribution in [-0.4, -0.2) is 0 Å². The van der Waals surface area contributed by atoms with E-state index in [0.29, 0.717) is 0 Å². The average Bonchev–Trinajstić information content (AvgIpc) is 3.41. The van der Waals surface area contributed by atoms with Gasteiger partial charge in [0.1, 0.15) is 0 Å². The van der Waals surface area contributed by atoms with Crippen molar-refractivity contribution in [3.63, 3.8) is 0 Å². The van der Waals surface area contributed by atoms with E-state index in [1.54, 1.807) is 0 Å². The van der Waals surface area contributed by atoms with Crippen LogP contribution in [0.15, 0.2) is 108 Å². The number of hydrogen-bond acceptors (Lipinski definition) is 0. The first-order chi connectivity index (χ1) is 17.0. The van der Waals surface area contributed by atoms with E-state index in [1.165, 1.54) is 66.8 Å². The van der Waals surface area contributed by atoms with E-state index >= 15 is 0 Å². The zero-order valence-electron chi connectivity index (χ0n) is 21.2. The Bertz CT molecular complexity index is 1380. The lowest BCUT2D eigenvalue weighted by Gasteiger charge is -2.34. The molecule has 0 nitrogen and oxygen atoms in total. The predicted octanol–water partition coefficient (Wildman–Crippen LogP) is 9.41. The summed E-state index contributed by atoms with van der Waals surface area (Å²) in [7, 11) is 0. The van der Waals surface area contributed by atoms with Crippen molar-refractivity contribution in [1.29, 1.82) is 0 Å². The molecule has 2 aliphatic carbocycles. The maximum atomic E-state index is 2.46. The van der Waals surface area contributed by atoms with Crippen LogP contribution in [0.2, 0.25) is 0 Å². The molecular formula is C35H32. The Kier molecular flexibility index (Phi) is 5.15. The number of benzene rings is 4. The van der Waals surface area contributed by atoms with Crippen LogP contribution in [-0.2, 0) is 12.8 Å². The second-order valence-electron chi connectivity index (χ2n) is 10.7. The van der Waals surface area contributed by atoms with Crippen molar-refractivity contribution in [1.82, 2.24) is 0 Å². The molecule has 0 atom stereocenters. The smallest absolute Gasteiger partial charge is 0.0158 e. The summed E-state index contributed by atoms with van der Waals surface area (Å²) < 4.78 is 0. The SMILES string of the molecule is CC1=C(C(C)(C)C2=C(C)Cc3cccc(-c4ccccc4)c32)c2c(cccc2-c2ccccc2)C1. The number of allylic oxidation sites excluding steroid dienone is 4. The van der Waals surface area contributed by atoms with E-state index in [2.05, 4.69) is 125 Å². The predicted molar refractivity (Wildman–Crippen MR) is 150 cm³/mol. The van der Waals surface area contributed by atoms with Gasteiger partial charge in [0.25, 0.3) is 0 Å². The molecule has 0 spiro atoms. The lowest BCUT2D eigenvalue weighted by Crippen LogP contribution is -2.18. The standard InChI is InChI=1S/C35H32/c1-23-21-27-17-11-19-29(25-13-7-5-8-14-25)31(27)33(23)35(3,4)34-24(2)22-28-18-12-20-30(32(28)34)26-15-9-6-10-16-26/h5-20H,21-22H2,1-4H3. The summed E-state index contributed by atoms with van der Waals surface area (Å²) in [6.45, 7) is 9.61. The summed E-state index contributed by atoms with van der Waals surface area (Å²) in [5.74, 6) is 0. The van der Waals surface area contributed by atoms with Gasteiger partial charge in [-0.2, -0.15) is 0 Å². The third kappa shape index (κ3) is 3.43. The fourth-order valence-corrected chi connectivity index (χ4v) is 6.79. The molecular weight excluding hydrogens is 420 g/mol. The minimum absolute atomic E-state index is 0.111. The van der Waals surface area contributed by atoms with E-state index in [4.69, 9.17) is 0 Å². The normalized spacial score (nSPS) is 15.0. The summed E-state index contributed by atoms with van der Waals surface area (Å²) in [6.07, 6.45) is 2.07. The van der Waals surface area contributed by atoms with E-state index in [9.17, 15) is 0 Å². The minimum Gasteiger partial charge on any atom is -0.0642 e. The Morgan fingerprint density at radius 3 is 1.29 bits per heavy atom. The Labute approximate surface area is 209 Å². The third-order valence-electron chi connectivity index (χ3n) is 7.99. The summed E-state index contributed by atoms with van der Waals surface area (Å²) >= 11 is 0. The van der Waals surface area contributed by atoms with Crippen LogP contribution in [0.5, 0.6) is 0 Å². The highest BCUT2D eigenvalue weighted by Crippen LogP contribution is 2.57. The molecule has 0 aromatic heterocycles. The molecule has 0 bridgehead atoms. The maximum absolute atomic E-state index is 2.46. The number of fused-ring (bicyclic) bond motifs is 2. The molecule has 0 heteroatoms.